The molecule has 1 saturated heterocycles. The summed E-state index contributed by atoms with van der Waals surface area (Å²) in [4.78, 5) is 14.3. The highest BCUT2D eigenvalue weighted by Gasteiger charge is 2.36. The SMILES string of the molecule is CC(C)(C)OC(=O)N1CCCCC1C(CN)c1ccccc1F. The highest BCUT2D eigenvalue weighted by Crippen LogP contribution is 2.32. The largest absolute Gasteiger partial charge is 0.444 e. The van der Waals surface area contributed by atoms with E-state index in [1.165, 1.54) is 6.07 Å². The smallest absolute Gasteiger partial charge is 0.410 e. The summed E-state index contributed by atoms with van der Waals surface area (Å²) >= 11 is 0. The van der Waals surface area contributed by atoms with Crippen molar-refractivity contribution < 1.29 is 13.9 Å². The molecule has 0 saturated carbocycles. The normalized spacial score (nSPS) is 20.2. The number of hydrogen-bond acceptors (Lipinski definition) is 3. The Hall–Kier alpha value is -1.62. The minimum Gasteiger partial charge on any atom is -0.444 e. The van der Waals surface area contributed by atoms with Gasteiger partial charge < -0.3 is 15.4 Å². The molecule has 1 aliphatic heterocycles. The van der Waals surface area contributed by atoms with Gasteiger partial charge in [-0.3, -0.25) is 0 Å². The Kier molecular flexibility index (Phi) is 5.63. The quantitative estimate of drug-likeness (QED) is 0.924. The van der Waals surface area contributed by atoms with Gasteiger partial charge in [-0.2, -0.15) is 0 Å². The van der Waals surface area contributed by atoms with E-state index in [2.05, 4.69) is 0 Å². The molecule has 0 radical (unpaired) electrons. The van der Waals surface area contributed by atoms with Gasteiger partial charge in [0.15, 0.2) is 0 Å². The molecule has 0 aliphatic carbocycles. The zero-order valence-electron chi connectivity index (χ0n) is 14.2. The number of benzene rings is 1. The molecule has 1 fully saturated rings. The first-order valence-electron chi connectivity index (χ1n) is 8.27. The predicted octanol–water partition coefficient (Wildman–Crippen LogP) is 3.66. The van der Waals surface area contributed by atoms with Gasteiger partial charge in [0.25, 0.3) is 0 Å². The van der Waals surface area contributed by atoms with E-state index in [0.29, 0.717) is 18.7 Å². The van der Waals surface area contributed by atoms with E-state index < -0.39 is 5.60 Å². The van der Waals surface area contributed by atoms with E-state index in [-0.39, 0.29) is 23.9 Å². The third-order valence-corrected chi connectivity index (χ3v) is 4.20. The number of halogens is 1. The average Bonchev–Trinajstić information content (AvgIpc) is 2.48. The molecule has 1 aromatic carbocycles. The van der Waals surface area contributed by atoms with Crippen LogP contribution in [-0.4, -0.2) is 35.7 Å². The van der Waals surface area contributed by atoms with Crippen LogP contribution in [0, 0.1) is 5.82 Å². The number of piperidine rings is 1. The van der Waals surface area contributed by atoms with Gasteiger partial charge in [0.1, 0.15) is 11.4 Å². The summed E-state index contributed by atoms with van der Waals surface area (Å²) in [5.41, 5.74) is 5.98. The van der Waals surface area contributed by atoms with E-state index in [9.17, 15) is 9.18 Å². The van der Waals surface area contributed by atoms with Gasteiger partial charge in [-0.15, -0.1) is 0 Å². The molecule has 1 aromatic rings. The molecule has 0 spiro atoms. The maximum Gasteiger partial charge on any atom is 0.410 e. The van der Waals surface area contributed by atoms with Gasteiger partial charge >= 0.3 is 6.09 Å². The lowest BCUT2D eigenvalue weighted by atomic mass is 9.85. The summed E-state index contributed by atoms with van der Waals surface area (Å²) in [6, 6.07) is 6.55. The summed E-state index contributed by atoms with van der Waals surface area (Å²) < 4.78 is 19.7. The molecule has 1 aliphatic rings. The number of ether oxygens (including phenoxy) is 1. The number of nitrogens with two attached hydrogens (primary N) is 1. The van der Waals surface area contributed by atoms with Crippen molar-refractivity contribution in [1.82, 2.24) is 4.90 Å². The van der Waals surface area contributed by atoms with Gasteiger partial charge in [-0.25, -0.2) is 9.18 Å². The third-order valence-electron chi connectivity index (χ3n) is 4.20. The molecule has 2 rings (SSSR count). The topological polar surface area (TPSA) is 55.6 Å². The highest BCUT2D eigenvalue weighted by molar-refractivity contribution is 5.69. The van der Waals surface area contributed by atoms with E-state index in [0.717, 1.165) is 19.3 Å². The van der Waals surface area contributed by atoms with Crippen LogP contribution in [0.5, 0.6) is 0 Å². The maximum atomic E-state index is 14.2. The molecule has 1 heterocycles. The maximum absolute atomic E-state index is 14.2. The first-order valence-corrected chi connectivity index (χ1v) is 8.27. The summed E-state index contributed by atoms with van der Waals surface area (Å²) in [6.45, 7) is 6.47. The highest BCUT2D eigenvalue weighted by atomic mass is 19.1. The predicted molar refractivity (Wildman–Crippen MR) is 88.8 cm³/mol. The van der Waals surface area contributed by atoms with Crippen molar-refractivity contribution in [2.75, 3.05) is 13.1 Å². The Morgan fingerprint density at radius 2 is 2.09 bits per heavy atom. The van der Waals surface area contributed by atoms with Crippen molar-refractivity contribution >= 4 is 6.09 Å². The van der Waals surface area contributed by atoms with Gasteiger partial charge in [0, 0.05) is 25.0 Å². The Balaban J connectivity index is 2.25. The first-order chi connectivity index (χ1) is 10.8. The van der Waals surface area contributed by atoms with Crippen LogP contribution >= 0.6 is 0 Å². The molecular weight excluding hydrogens is 295 g/mol. The van der Waals surface area contributed by atoms with Gasteiger partial charge in [0.05, 0.1) is 0 Å². The minimum absolute atomic E-state index is 0.125. The molecule has 2 N–H and O–H groups in total. The Bertz CT molecular complexity index is 542. The fourth-order valence-electron chi connectivity index (χ4n) is 3.19. The number of carbonyl (C=O) groups excluding carboxylic acids is 1. The minimum atomic E-state index is -0.546. The molecular formula is C18H27FN2O2. The molecule has 2 unspecified atom stereocenters. The third kappa shape index (κ3) is 4.44. The number of rotatable bonds is 3. The van der Waals surface area contributed by atoms with Crippen LogP contribution in [0.15, 0.2) is 24.3 Å². The van der Waals surface area contributed by atoms with Crippen LogP contribution in [0.4, 0.5) is 9.18 Å². The molecule has 0 aromatic heterocycles. The summed E-state index contributed by atoms with van der Waals surface area (Å²) in [5.74, 6) is -0.485. The lowest BCUT2D eigenvalue weighted by Gasteiger charge is -2.40. The van der Waals surface area contributed by atoms with Crippen molar-refractivity contribution in [3.8, 4) is 0 Å². The number of amides is 1. The summed E-state index contributed by atoms with van der Waals surface area (Å²) in [7, 11) is 0. The zero-order chi connectivity index (χ0) is 17.0. The number of nitrogens with zero attached hydrogens (tertiary/aromatic N) is 1. The molecule has 1 amide bonds. The van der Waals surface area contributed by atoms with E-state index in [4.69, 9.17) is 10.5 Å². The van der Waals surface area contributed by atoms with Crippen LogP contribution in [0.3, 0.4) is 0 Å². The van der Waals surface area contributed by atoms with Crippen LogP contribution in [-0.2, 0) is 4.74 Å². The van der Waals surface area contributed by atoms with Crippen molar-refractivity contribution in [3.63, 3.8) is 0 Å². The molecule has 4 nitrogen and oxygen atoms in total. The molecule has 128 valence electrons. The molecule has 5 heteroatoms. The van der Waals surface area contributed by atoms with Crippen molar-refractivity contribution in [1.29, 1.82) is 0 Å². The zero-order valence-corrected chi connectivity index (χ0v) is 14.2. The second-order valence-electron chi connectivity index (χ2n) is 7.10. The van der Waals surface area contributed by atoms with E-state index in [1.54, 1.807) is 17.0 Å². The standard InChI is InChI=1S/C18H27FN2O2/c1-18(2,3)23-17(22)21-11-7-6-10-16(21)14(12-20)13-8-4-5-9-15(13)19/h4-5,8-9,14,16H,6-7,10-12,20H2,1-3H3. The van der Waals surface area contributed by atoms with Crippen LogP contribution in [0.25, 0.3) is 0 Å². The van der Waals surface area contributed by atoms with E-state index >= 15 is 0 Å². The number of hydrogen-bond donors (Lipinski definition) is 1. The van der Waals surface area contributed by atoms with Crippen molar-refractivity contribution in [3.05, 3.63) is 35.6 Å². The van der Waals surface area contributed by atoms with Crippen molar-refractivity contribution in [2.24, 2.45) is 5.73 Å². The van der Waals surface area contributed by atoms with Crippen LogP contribution in [0.1, 0.15) is 51.5 Å². The fourth-order valence-corrected chi connectivity index (χ4v) is 3.19. The van der Waals surface area contributed by atoms with Crippen LogP contribution in [0.2, 0.25) is 0 Å². The van der Waals surface area contributed by atoms with Crippen molar-refractivity contribution in [2.45, 2.75) is 57.6 Å². The second kappa shape index (κ2) is 7.30. The van der Waals surface area contributed by atoms with Gasteiger partial charge in [-0.05, 0) is 51.7 Å². The van der Waals surface area contributed by atoms with Gasteiger partial charge in [-0.1, -0.05) is 18.2 Å². The average molecular weight is 322 g/mol. The number of likely N-dealkylation sites (tertiary alicyclic amines) is 1. The molecule has 0 bridgehead atoms. The molecule has 23 heavy (non-hydrogen) atoms. The molecule has 2 atom stereocenters. The Morgan fingerprint density at radius 3 is 2.70 bits per heavy atom. The fraction of sp³-hybridized carbons (Fsp3) is 0.611. The Morgan fingerprint density at radius 1 is 1.39 bits per heavy atom. The second-order valence-corrected chi connectivity index (χ2v) is 7.10. The summed E-state index contributed by atoms with van der Waals surface area (Å²) in [6.07, 6.45) is 2.42. The summed E-state index contributed by atoms with van der Waals surface area (Å²) in [5, 5.41) is 0. The first kappa shape index (κ1) is 17.7. The number of carbonyl (C=O) groups is 1. The van der Waals surface area contributed by atoms with Gasteiger partial charge in [0.2, 0.25) is 0 Å². The lowest BCUT2D eigenvalue weighted by Crippen LogP contribution is -2.50. The monoisotopic (exact) mass is 322 g/mol. The van der Waals surface area contributed by atoms with Crippen LogP contribution < -0.4 is 5.73 Å². The van der Waals surface area contributed by atoms with E-state index in [1.807, 2.05) is 26.8 Å². The Labute approximate surface area is 137 Å². The lowest BCUT2D eigenvalue weighted by molar-refractivity contribution is 0.00649.